The van der Waals surface area contributed by atoms with Gasteiger partial charge < -0.3 is 20.5 Å². The third-order valence-corrected chi connectivity index (χ3v) is 2.05. The zero-order valence-corrected chi connectivity index (χ0v) is 9.73. The fourth-order valence-corrected chi connectivity index (χ4v) is 1.22. The molecule has 0 aliphatic heterocycles. The van der Waals surface area contributed by atoms with Crippen molar-refractivity contribution in [1.82, 2.24) is 5.32 Å². The number of hydrogen-bond donors (Lipinski definition) is 2. The normalized spacial score (nSPS) is 9.67. The molecule has 0 atom stereocenters. The van der Waals surface area contributed by atoms with Crippen LogP contribution in [0.1, 0.15) is 10.4 Å². The van der Waals surface area contributed by atoms with Crippen molar-refractivity contribution in [2.24, 2.45) is 5.73 Å². The van der Waals surface area contributed by atoms with E-state index < -0.39 is 17.8 Å². The maximum Gasteiger partial charge on any atom is 0.404 e. The summed E-state index contributed by atoms with van der Waals surface area (Å²) in [5.41, 5.74) is 4.61. The second-order valence-corrected chi connectivity index (χ2v) is 3.27. The van der Waals surface area contributed by atoms with Crippen LogP contribution in [-0.2, 0) is 4.74 Å². The lowest BCUT2D eigenvalue weighted by Crippen LogP contribution is -2.29. The summed E-state index contributed by atoms with van der Waals surface area (Å²) in [5, 5.41) is 2.38. The fraction of sp³-hybridized carbons (Fsp3) is 0.273. The van der Waals surface area contributed by atoms with Crippen LogP contribution in [0.4, 0.5) is 9.18 Å². The number of benzene rings is 1. The molecule has 0 aliphatic rings. The first-order valence-electron chi connectivity index (χ1n) is 5.08. The molecular weight excluding hydrogens is 243 g/mol. The van der Waals surface area contributed by atoms with Gasteiger partial charge in [-0.2, -0.15) is 0 Å². The summed E-state index contributed by atoms with van der Waals surface area (Å²) in [5.74, 6) is -0.980. The van der Waals surface area contributed by atoms with Crippen LogP contribution < -0.4 is 15.8 Å². The van der Waals surface area contributed by atoms with E-state index in [-0.39, 0.29) is 18.7 Å². The Balaban J connectivity index is 2.54. The van der Waals surface area contributed by atoms with Crippen molar-refractivity contribution in [2.75, 3.05) is 20.3 Å². The van der Waals surface area contributed by atoms with Crippen LogP contribution in [0.25, 0.3) is 0 Å². The van der Waals surface area contributed by atoms with Crippen LogP contribution in [0.15, 0.2) is 18.2 Å². The van der Waals surface area contributed by atoms with Gasteiger partial charge >= 0.3 is 6.09 Å². The van der Waals surface area contributed by atoms with Gasteiger partial charge in [-0.05, 0) is 12.1 Å². The molecule has 1 aromatic carbocycles. The minimum Gasteiger partial charge on any atom is -0.497 e. The number of nitrogens with one attached hydrogen (secondary N) is 1. The standard InChI is InChI=1S/C11H13FN2O4/c1-17-7-2-3-8(9(12)6-7)10(15)14-4-5-18-11(13)16/h2-3,6H,4-5H2,1H3,(H2,13,16)(H,14,15). The minimum atomic E-state index is -0.931. The van der Waals surface area contributed by atoms with Crippen molar-refractivity contribution in [1.29, 1.82) is 0 Å². The summed E-state index contributed by atoms with van der Waals surface area (Å²) in [6, 6.07) is 3.88. The Morgan fingerprint density at radius 3 is 2.72 bits per heavy atom. The monoisotopic (exact) mass is 256 g/mol. The minimum absolute atomic E-state index is 0.0489. The van der Waals surface area contributed by atoms with E-state index in [1.54, 1.807) is 0 Å². The molecule has 0 saturated carbocycles. The second kappa shape index (κ2) is 6.43. The summed E-state index contributed by atoms with van der Waals surface area (Å²) in [4.78, 5) is 21.8. The highest BCUT2D eigenvalue weighted by molar-refractivity contribution is 5.94. The van der Waals surface area contributed by atoms with E-state index in [2.05, 4.69) is 10.1 Å². The Morgan fingerprint density at radius 2 is 2.17 bits per heavy atom. The Labute approximate surface area is 103 Å². The molecule has 0 radical (unpaired) electrons. The maximum absolute atomic E-state index is 13.5. The molecule has 2 amide bonds. The first kappa shape index (κ1) is 13.8. The molecular formula is C11H13FN2O4. The number of hydrogen-bond acceptors (Lipinski definition) is 4. The van der Waals surface area contributed by atoms with Gasteiger partial charge in [0.2, 0.25) is 0 Å². The molecule has 0 aromatic heterocycles. The third kappa shape index (κ3) is 3.93. The number of halogens is 1. The molecule has 0 bridgehead atoms. The molecule has 0 heterocycles. The number of nitrogens with two attached hydrogens (primary N) is 1. The average Bonchev–Trinajstić information content (AvgIpc) is 2.33. The summed E-state index contributed by atoms with van der Waals surface area (Å²) in [6.07, 6.45) is -0.931. The zero-order chi connectivity index (χ0) is 13.5. The van der Waals surface area contributed by atoms with Gasteiger partial charge in [0.1, 0.15) is 18.2 Å². The van der Waals surface area contributed by atoms with E-state index in [0.29, 0.717) is 5.75 Å². The lowest BCUT2D eigenvalue weighted by molar-refractivity contribution is 0.0932. The predicted octanol–water partition coefficient (Wildman–Crippen LogP) is 0.659. The molecule has 0 spiro atoms. The van der Waals surface area contributed by atoms with E-state index in [0.717, 1.165) is 6.07 Å². The highest BCUT2D eigenvalue weighted by atomic mass is 19.1. The second-order valence-electron chi connectivity index (χ2n) is 3.27. The Hall–Kier alpha value is -2.31. The van der Waals surface area contributed by atoms with Gasteiger partial charge in [0, 0.05) is 6.07 Å². The van der Waals surface area contributed by atoms with Gasteiger partial charge in [0.25, 0.3) is 5.91 Å². The molecule has 0 fully saturated rings. The van der Waals surface area contributed by atoms with Crippen LogP contribution in [0, 0.1) is 5.82 Å². The third-order valence-electron chi connectivity index (χ3n) is 2.05. The Bertz CT molecular complexity index is 451. The molecule has 18 heavy (non-hydrogen) atoms. The molecule has 7 heteroatoms. The smallest absolute Gasteiger partial charge is 0.404 e. The lowest BCUT2D eigenvalue weighted by atomic mass is 10.2. The number of ether oxygens (including phenoxy) is 2. The molecule has 0 saturated heterocycles. The van der Waals surface area contributed by atoms with Crippen LogP contribution in [0.3, 0.4) is 0 Å². The van der Waals surface area contributed by atoms with Crippen LogP contribution in [0.2, 0.25) is 0 Å². The van der Waals surface area contributed by atoms with Crippen molar-refractivity contribution in [2.45, 2.75) is 0 Å². The van der Waals surface area contributed by atoms with E-state index in [4.69, 9.17) is 10.5 Å². The molecule has 1 aromatic rings. The Morgan fingerprint density at radius 1 is 1.44 bits per heavy atom. The van der Waals surface area contributed by atoms with Crippen LogP contribution in [-0.4, -0.2) is 32.3 Å². The Kier molecular flexibility index (Phi) is 4.91. The molecule has 0 unspecified atom stereocenters. The zero-order valence-electron chi connectivity index (χ0n) is 9.73. The van der Waals surface area contributed by atoms with E-state index in [1.807, 2.05) is 0 Å². The van der Waals surface area contributed by atoms with Gasteiger partial charge in [-0.15, -0.1) is 0 Å². The average molecular weight is 256 g/mol. The van der Waals surface area contributed by atoms with Gasteiger partial charge in [0.05, 0.1) is 19.2 Å². The van der Waals surface area contributed by atoms with Crippen LogP contribution in [0.5, 0.6) is 5.75 Å². The fourth-order valence-electron chi connectivity index (χ4n) is 1.22. The maximum atomic E-state index is 13.5. The number of methoxy groups -OCH3 is 1. The molecule has 6 nitrogen and oxygen atoms in total. The molecule has 0 aliphatic carbocycles. The van der Waals surface area contributed by atoms with Crippen molar-refractivity contribution < 1.29 is 23.5 Å². The van der Waals surface area contributed by atoms with Gasteiger partial charge in [-0.3, -0.25) is 4.79 Å². The van der Waals surface area contributed by atoms with Crippen molar-refractivity contribution in [3.8, 4) is 5.75 Å². The number of amides is 2. The van der Waals surface area contributed by atoms with Gasteiger partial charge in [-0.25, -0.2) is 9.18 Å². The highest BCUT2D eigenvalue weighted by Gasteiger charge is 2.12. The highest BCUT2D eigenvalue weighted by Crippen LogP contribution is 2.15. The van der Waals surface area contributed by atoms with Gasteiger partial charge in [-0.1, -0.05) is 0 Å². The SMILES string of the molecule is COc1ccc(C(=O)NCCOC(N)=O)c(F)c1. The van der Waals surface area contributed by atoms with Crippen molar-refractivity contribution in [3.05, 3.63) is 29.6 Å². The topological polar surface area (TPSA) is 90.7 Å². The number of carbonyl (C=O) groups is 2. The molecule has 1 rings (SSSR count). The largest absolute Gasteiger partial charge is 0.497 e. The number of carbonyl (C=O) groups excluding carboxylic acids is 2. The van der Waals surface area contributed by atoms with E-state index in [9.17, 15) is 14.0 Å². The summed E-state index contributed by atoms with van der Waals surface area (Å²) in [7, 11) is 1.40. The lowest BCUT2D eigenvalue weighted by Gasteiger charge is -2.07. The van der Waals surface area contributed by atoms with E-state index >= 15 is 0 Å². The quantitative estimate of drug-likeness (QED) is 0.757. The van der Waals surface area contributed by atoms with Crippen LogP contribution >= 0.6 is 0 Å². The molecule has 3 N–H and O–H groups in total. The van der Waals surface area contributed by atoms with Crippen molar-refractivity contribution in [3.63, 3.8) is 0 Å². The predicted molar refractivity (Wildman–Crippen MR) is 60.8 cm³/mol. The number of rotatable bonds is 5. The first-order chi connectivity index (χ1) is 8.54. The summed E-state index contributed by atoms with van der Waals surface area (Å²) in [6.45, 7) is -0.0217. The first-order valence-corrected chi connectivity index (χ1v) is 5.08. The van der Waals surface area contributed by atoms with Gasteiger partial charge in [0.15, 0.2) is 0 Å². The van der Waals surface area contributed by atoms with E-state index in [1.165, 1.54) is 19.2 Å². The number of primary amides is 1. The summed E-state index contributed by atoms with van der Waals surface area (Å²) < 4.78 is 22.7. The van der Waals surface area contributed by atoms with Crippen molar-refractivity contribution >= 4 is 12.0 Å². The summed E-state index contributed by atoms with van der Waals surface area (Å²) >= 11 is 0. The molecule has 98 valence electrons.